The van der Waals surface area contributed by atoms with Crippen LogP contribution in [0.1, 0.15) is 10.4 Å². The van der Waals surface area contributed by atoms with Crippen molar-refractivity contribution in [1.82, 2.24) is 0 Å². The van der Waals surface area contributed by atoms with Crippen LogP contribution in [0.2, 0.25) is 0 Å². The Balaban J connectivity index is 2.93. The van der Waals surface area contributed by atoms with Gasteiger partial charge in [0.2, 0.25) is 0 Å². The van der Waals surface area contributed by atoms with Crippen LogP contribution in [-0.2, 0) is 4.74 Å². The number of esters is 1. The summed E-state index contributed by atoms with van der Waals surface area (Å²) in [5.41, 5.74) is 0.674. The van der Waals surface area contributed by atoms with Crippen LogP contribution in [0.4, 0.5) is 0 Å². The Hall–Kier alpha value is -0.765. The maximum atomic E-state index is 10.9. The van der Waals surface area contributed by atoms with Crippen molar-refractivity contribution in [2.45, 2.75) is 0 Å². The summed E-state index contributed by atoms with van der Waals surface area (Å²) in [4.78, 5) is 10.9. The van der Waals surface area contributed by atoms with Crippen molar-refractivity contribution in [3.63, 3.8) is 0 Å². The molecular formula is C6H7BO2S. The maximum absolute atomic E-state index is 10.9. The zero-order valence-electron chi connectivity index (χ0n) is 5.88. The number of hydrogen-bond donors (Lipinski definition) is 0. The summed E-state index contributed by atoms with van der Waals surface area (Å²) >= 11 is 1.55. The van der Waals surface area contributed by atoms with Gasteiger partial charge in [0, 0.05) is 0 Å². The summed E-state index contributed by atoms with van der Waals surface area (Å²) in [6.45, 7) is 0. The molecule has 0 saturated carbocycles. The molecule has 0 atom stereocenters. The molecule has 0 N–H and O–H groups in total. The van der Waals surface area contributed by atoms with Gasteiger partial charge in [0.1, 0.15) is 0 Å². The van der Waals surface area contributed by atoms with E-state index in [4.69, 9.17) is 0 Å². The molecule has 0 aromatic carbocycles. The lowest BCUT2D eigenvalue weighted by Crippen LogP contribution is -2.11. The summed E-state index contributed by atoms with van der Waals surface area (Å²) in [5, 5.41) is 1.88. The molecule has 0 aliphatic rings. The summed E-state index contributed by atoms with van der Waals surface area (Å²) < 4.78 is 5.55. The molecule has 52 valence electrons. The molecule has 0 saturated heterocycles. The molecule has 1 rings (SSSR count). The second-order valence-corrected chi connectivity index (χ2v) is 3.00. The highest BCUT2D eigenvalue weighted by Crippen LogP contribution is 2.02. The van der Waals surface area contributed by atoms with Crippen LogP contribution >= 0.6 is 11.3 Å². The molecule has 1 aromatic rings. The fourth-order valence-corrected chi connectivity index (χ4v) is 1.39. The first-order chi connectivity index (χ1) is 4.75. The van der Waals surface area contributed by atoms with E-state index in [1.54, 1.807) is 17.4 Å². The van der Waals surface area contributed by atoms with Gasteiger partial charge in [0.25, 0.3) is 0 Å². The van der Waals surface area contributed by atoms with Gasteiger partial charge in [-0.15, -0.1) is 0 Å². The van der Waals surface area contributed by atoms with Crippen molar-refractivity contribution in [2.24, 2.45) is 0 Å². The number of carbonyl (C=O) groups excluding carboxylic acids is 1. The molecule has 1 heterocycles. The zero-order valence-corrected chi connectivity index (χ0v) is 6.70. The predicted molar refractivity (Wildman–Crippen MR) is 43.8 cm³/mol. The second-order valence-electron chi connectivity index (χ2n) is 1.88. The SMILES string of the molecule is Bc1sccc1C(=O)OC. The van der Waals surface area contributed by atoms with Gasteiger partial charge in [-0.2, -0.15) is 11.3 Å². The smallest absolute Gasteiger partial charge is 0.338 e. The molecule has 4 heteroatoms. The third-order valence-electron chi connectivity index (χ3n) is 1.26. The molecule has 0 radical (unpaired) electrons. The number of carbonyl (C=O) groups is 1. The average molecular weight is 154 g/mol. The predicted octanol–water partition coefficient (Wildman–Crippen LogP) is -0.207. The monoisotopic (exact) mass is 154 g/mol. The van der Waals surface area contributed by atoms with E-state index in [-0.39, 0.29) is 5.97 Å². The van der Waals surface area contributed by atoms with Crippen molar-refractivity contribution in [3.05, 3.63) is 17.0 Å². The molecular weight excluding hydrogens is 147 g/mol. The molecule has 0 amide bonds. The molecule has 0 unspecified atom stereocenters. The van der Waals surface area contributed by atoms with Crippen LogP contribution < -0.4 is 4.78 Å². The van der Waals surface area contributed by atoms with E-state index in [2.05, 4.69) is 4.74 Å². The van der Waals surface area contributed by atoms with Gasteiger partial charge < -0.3 is 4.74 Å². The Morgan fingerprint density at radius 1 is 1.80 bits per heavy atom. The van der Waals surface area contributed by atoms with Crippen molar-refractivity contribution in [1.29, 1.82) is 0 Å². The first kappa shape index (κ1) is 7.34. The Morgan fingerprint density at radius 2 is 2.50 bits per heavy atom. The molecule has 0 fully saturated rings. The minimum absolute atomic E-state index is 0.251. The van der Waals surface area contributed by atoms with Crippen LogP contribution in [-0.4, -0.2) is 20.9 Å². The molecule has 0 bridgehead atoms. The van der Waals surface area contributed by atoms with Crippen LogP contribution in [0.15, 0.2) is 11.4 Å². The van der Waals surface area contributed by atoms with Crippen molar-refractivity contribution in [2.75, 3.05) is 7.11 Å². The quantitative estimate of drug-likeness (QED) is 0.413. The standard InChI is InChI=1S/C6H7BO2S/c1-9-6(8)4-2-3-10-5(4)7/h2-3H,7H2,1H3. The third kappa shape index (κ3) is 1.21. The van der Waals surface area contributed by atoms with Gasteiger partial charge in [-0.3, -0.25) is 0 Å². The van der Waals surface area contributed by atoms with Gasteiger partial charge in [0.15, 0.2) is 7.85 Å². The third-order valence-corrected chi connectivity index (χ3v) is 2.11. The van der Waals surface area contributed by atoms with E-state index >= 15 is 0 Å². The van der Waals surface area contributed by atoms with Crippen LogP contribution in [0, 0.1) is 0 Å². The minimum atomic E-state index is -0.251. The number of hydrogen-bond acceptors (Lipinski definition) is 3. The first-order valence-corrected chi connectivity index (χ1v) is 3.76. The second kappa shape index (κ2) is 2.88. The van der Waals surface area contributed by atoms with E-state index in [0.29, 0.717) is 5.56 Å². The Kier molecular flexibility index (Phi) is 2.11. The van der Waals surface area contributed by atoms with Crippen molar-refractivity contribution in [3.8, 4) is 0 Å². The van der Waals surface area contributed by atoms with Gasteiger partial charge in [-0.25, -0.2) is 4.79 Å². The van der Waals surface area contributed by atoms with Crippen LogP contribution in [0.3, 0.4) is 0 Å². The van der Waals surface area contributed by atoms with E-state index in [0.717, 1.165) is 4.78 Å². The number of rotatable bonds is 1. The van der Waals surface area contributed by atoms with Crippen molar-refractivity contribution >= 4 is 29.9 Å². The van der Waals surface area contributed by atoms with Gasteiger partial charge in [-0.1, -0.05) is 0 Å². The molecule has 0 spiro atoms. The minimum Gasteiger partial charge on any atom is -0.465 e. The Labute approximate surface area is 64.2 Å². The van der Waals surface area contributed by atoms with Crippen LogP contribution in [0.25, 0.3) is 0 Å². The van der Waals surface area contributed by atoms with Gasteiger partial charge in [-0.05, 0) is 16.2 Å². The number of thiophene rings is 1. The van der Waals surface area contributed by atoms with Gasteiger partial charge >= 0.3 is 5.97 Å². The van der Waals surface area contributed by atoms with E-state index in [1.807, 2.05) is 13.2 Å². The molecule has 10 heavy (non-hydrogen) atoms. The Bertz CT molecular complexity index is 244. The fourth-order valence-electron chi connectivity index (χ4n) is 0.707. The summed E-state index contributed by atoms with van der Waals surface area (Å²) in [6.07, 6.45) is 0. The molecule has 2 nitrogen and oxygen atoms in total. The number of methoxy groups -OCH3 is 1. The number of ether oxygens (including phenoxy) is 1. The summed E-state index contributed by atoms with van der Waals surface area (Å²) in [7, 11) is 3.29. The van der Waals surface area contributed by atoms with Crippen LogP contribution in [0.5, 0.6) is 0 Å². The van der Waals surface area contributed by atoms with Gasteiger partial charge in [0.05, 0.1) is 12.7 Å². The van der Waals surface area contributed by atoms with E-state index in [9.17, 15) is 4.79 Å². The topological polar surface area (TPSA) is 26.3 Å². The van der Waals surface area contributed by atoms with E-state index in [1.165, 1.54) is 7.11 Å². The highest BCUT2D eigenvalue weighted by molar-refractivity contribution is 7.18. The fraction of sp³-hybridized carbons (Fsp3) is 0.167. The highest BCUT2D eigenvalue weighted by atomic mass is 32.1. The first-order valence-electron chi connectivity index (χ1n) is 2.88. The van der Waals surface area contributed by atoms with E-state index < -0.39 is 0 Å². The summed E-state index contributed by atoms with van der Waals surface area (Å²) in [6, 6.07) is 1.77. The Morgan fingerprint density at radius 3 is 2.90 bits per heavy atom. The lowest BCUT2D eigenvalue weighted by molar-refractivity contribution is 0.0603. The molecule has 1 aromatic heterocycles. The lowest BCUT2D eigenvalue weighted by Gasteiger charge is -1.94. The highest BCUT2D eigenvalue weighted by Gasteiger charge is 2.07. The molecule has 0 aliphatic heterocycles. The molecule has 0 aliphatic carbocycles. The van der Waals surface area contributed by atoms with Crippen molar-refractivity contribution < 1.29 is 9.53 Å². The zero-order chi connectivity index (χ0) is 7.56. The maximum Gasteiger partial charge on any atom is 0.338 e. The largest absolute Gasteiger partial charge is 0.465 e. The lowest BCUT2D eigenvalue weighted by atomic mass is 10.0. The summed E-state index contributed by atoms with van der Waals surface area (Å²) in [5.74, 6) is -0.251. The average Bonchev–Trinajstić information content (AvgIpc) is 2.34. The normalized spacial score (nSPS) is 9.30.